The topological polar surface area (TPSA) is 152 Å². The summed E-state index contributed by atoms with van der Waals surface area (Å²) in [6.45, 7) is 1.000. The van der Waals surface area contributed by atoms with Gasteiger partial charge in [0.25, 0.3) is 0 Å². The number of benzene rings is 5. The number of hydrogen-bond donors (Lipinski definition) is 2. The fourth-order valence-corrected chi connectivity index (χ4v) is 9.16. The normalized spacial score (nSPS) is 23.1. The number of anilines is 1. The first kappa shape index (κ1) is 40.0. The number of phenolic OH excluding ortho intramolecular Hbond substituents is 1. The highest BCUT2D eigenvalue weighted by Gasteiger charge is 2.75. The zero-order valence-corrected chi connectivity index (χ0v) is 33.1. The maximum atomic E-state index is 15.8. The molecule has 0 aromatic heterocycles. The van der Waals surface area contributed by atoms with Gasteiger partial charge in [-0.2, -0.15) is 0 Å². The Morgan fingerprint density at radius 2 is 1.48 bits per heavy atom. The van der Waals surface area contributed by atoms with Crippen LogP contribution >= 0.6 is 0 Å². The average molecular weight is 805 g/mol. The highest BCUT2D eigenvalue weighted by molar-refractivity contribution is 6.23. The molecule has 60 heavy (non-hydrogen) atoms. The van der Waals surface area contributed by atoms with Gasteiger partial charge in [0.2, 0.25) is 11.8 Å². The van der Waals surface area contributed by atoms with Crippen molar-refractivity contribution in [1.29, 1.82) is 0 Å². The van der Waals surface area contributed by atoms with Crippen molar-refractivity contribution in [1.82, 2.24) is 9.80 Å². The summed E-state index contributed by atoms with van der Waals surface area (Å²) in [7, 11) is 3.42. The van der Waals surface area contributed by atoms with Crippen LogP contribution < -0.4 is 10.6 Å². The van der Waals surface area contributed by atoms with Crippen molar-refractivity contribution in [2.45, 2.75) is 36.2 Å². The minimum atomic E-state index is -2.01. The van der Waals surface area contributed by atoms with E-state index in [2.05, 4.69) is 16.7 Å². The monoisotopic (exact) mass is 804 g/mol. The van der Waals surface area contributed by atoms with E-state index in [9.17, 15) is 19.5 Å². The Balaban J connectivity index is 1.35. The number of carbonyl (C=O) groups is 4. The number of amides is 3. The molecule has 304 valence electrons. The molecular formula is C48H44N4O8. The lowest BCUT2D eigenvalue weighted by atomic mass is 9.65. The predicted octanol–water partition coefficient (Wildman–Crippen LogP) is 5.81. The summed E-state index contributed by atoms with van der Waals surface area (Å²) < 4.78 is 17.1. The van der Waals surface area contributed by atoms with Crippen LogP contribution in [-0.4, -0.2) is 78.7 Å². The van der Waals surface area contributed by atoms with Crippen LogP contribution in [0.5, 0.6) is 5.75 Å². The third-order valence-electron chi connectivity index (χ3n) is 11.5. The zero-order valence-electron chi connectivity index (χ0n) is 33.1. The van der Waals surface area contributed by atoms with E-state index >= 15 is 4.79 Å². The highest BCUT2D eigenvalue weighted by Crippen LogP contribution is 2.65. The Hall–Kier alpha value is -6.78. The van der Waals surface area contributed by atoms with Gasteiger partial charge in [0.15, 0.2) is 0 Å². The van der Waals surface area contributed by atoms with E-state index in [1.165, 1.54) is 19.2 Å². The van der Waals surface area contributed by atoms with Crippen LogP contribution in [0.2, 0.25) is 0 Å². The molecular weight excluding hydrogens is 761 g/mol. The standard InChI is InChI=1S/C48H44N4O8/c1-50(30-32-13-6-3-7-14-32)26-12-15-31-20-25-38-37(29-31)48(46(56)51(38)47(57)59-28-27-58-2)39(44(49)54)41-45(55)60-42(34-18-10-5-11-19-34)40(33-16-8-4-9-17-33)52(41)43(48)35-21-23-36(53)24-22-35/h3-11,13-14,16-25,29,39-43,53H,26-28,30H2,1-2H3,(H2,49,54). The van der Waals surface area contributed by atoms with E-state index in [0.717, 1.165) is 16.0 Å². The van der Waals surface area contributed by atoms with Crippen LogP contribution in [0.4, 0.5) is 10.5 Å². The number of rotatable bonds is 10. The quantitative estimate of drug-likeness (QED) is 0.101. The van der Waals surface area contributed by atoms with Gasteiger partial charge in [-0.25, -0.2) is 9.69 Å². The number of ether oxygens (including phenoxy) is 3. The van der Waals surface area contributed by atoms with E-state index in [0.29, 0.717) is 29.8 Å². The van der Waals surface area contributed by atoms with Crippen molar-refractivity contribution in [2.24, 2.45) is 11.7 Å². The molecule has 3 aliphatic rings. The van der Waals surface area contributed by atoms with Crippen LogP contribution in [0.15, 0.2) is 133 Å². The summed E-state index contributed by atoms with van der Waals surface area (Å²) in [6.07, 6.45) is -1.88. The Kier molecular flexibility index (Phi) is 11.2. The molecule has 12 nitrogen and oxygen atoms in total. The van der Waals surface area contributed by atoms with Crippen molar-refractivity contribution < 1.29 is 38.5 Å². The molecule has 3 aliphatic heterocycles. The maximum absolute atomic E-state index is 15.8. The van der Waals surface area contributed by atoms with Gasteiger partial charge in [-0.05, 0) is 65.2 Å². The summed E-state index contributed by atoms with van der Waals surface area (Å²) in [5, 5.41) is 10.5. The molecule has 1 spiro atoms. The van der Waals surface area contributed by atoms with E-state index < -0.39 is 59.4 Å². The van der Waals surface area contributed by atoms with Crippen LogP contribution in [0.3, 0.4) is 0 Å². The first-order valence-electron chi connectivity index (χ1n) is 19.7. The molecule has 0 radical (unpaired) electrons. The molecule has 5 aromatic rings. The third-order valence-corrected chi connectivity index (χ3v) is 11.5. The molecule has 0 bridgehead atoms. The molecule has 12 heteroatoms. The molecule has 0 aliphatic carbocycles. The number of aromatic hydroxyl groups is 1. The first-order chi connectivity index (χ1) is 29.1. The van der Waals surface area contributed by atoms with Crippen molar-refractivity contribution in [2.75, 3.05) is 38.8 Å². The third kappa shape index (κ3) is 7.06. The van der Waals surface area contributed by atoms with Gasteiger partial charge in [0.05, 0.1) is 36.8 Å². The van der Waals surface area contributed by atoms with E-state index in [1.54, 1.807) is 30.3 Å². The van der Waals surface area contributed by atoms with Gasteiger partial charge in [-0.15, -0.1) is 0 Å². The minimum Gasteiger partial charge on any atom is -0.508 e. The first-order valence-corrected chi connectivity index (χ1v) is 19.7. The number of phenols is 1. The SMILES string of the molecule is COCCOC(=O)N1C(=O)C2(c3cc(C#CCN(C)Cc4ccccc4)ccc31)C(C(N)=O)C1C(=O)OC(c3ccccc3)C(c3ccccc3)N1C2c1ccc(O)cc1. The second-order valence-corrected chi connectivity index (χ2v) is 15.2. The molecule has 6 atom stereocenters. The predicted molar refractivity (Wildman–Crippen MR) is 222 cm³/mol. The van der Waals surface area contributed by atoms with E-state index in [4.69, 9.17) is 19.9 Å². The molecule has 0 saturated carbocycles. The Morgan fingerprint density at radius 3 is 2.13 bits per heavy atom. The van der Waals surface area contributed by atoms with Gasteiger partial charge in [0, 0.05) is 19.2 Å². The number of carbonyl (C=O) groups excluding carboxylic acids is 4. The van der Waals surface area contributed by atoms with Crippen molar-refractivity contribution in [3.63, 3.8) is 0 Å². The number of imide groups is 1. The molecule has 3 N–H and O–H groups in total. The van der Waals surface area contributed by atoms with Crippen LogP contribution in [-0.2, 0) is 40.6 Å². The maximum Gasteiger partial charge on any atom is 0.421 e. The van der Waals surface area contributed by atoms with Crippen LogP contribution in [0, 0.1) is 17.8 Å². The summed E-state index contributed by atoms with van der Waals surface area (Å²) in [5.74, 6) is 2.36. The summed E-state index contributed by atoms with van der Waals surface area (Å²) >= 11 is 0. The molecule has 2 saturated heterocycles. The summed E-state index contributed by atoms with van der Waals surface area (Å²) in [4.78, 5) is 63.8. The Morgan fingerprint density at radius 1 is 0.833 bits per heavy atom. The number of morpholine rings is 1. The fourth-order valence-electron chi connectivity index (χ4n) is 9.16. The number of cyclic esters (lactones) is 1. The number of hydrogen-bond acceptors (Lipinski definition) is 10. The number of methoxy groups -OCH3 is 1. The zero-order chi connectivity index (χ0) is 42.0. The van der Waals surface area contributed by atoms with Crippen molar-refractivity contribution >= 4 is 29.6 Å². The number of nitrogens with two attached hydrogens (primary N) is 1. The van der Waals surface area contributed by atoms with Gasteiger partial charge in [-0.3, -0.25) is 24.2 Å². The fraction of sp³-hybridized carbons (Fsp3) is 0.250. The number of primary amides is 1. The Labute approximate surface area is 348 Å². The van der Waals surface area contributed by atoms with Crippen LogP contribution in [0.1, 0.15) is 51.6 Å². The average Bonchev–Trinajstić information content (AvgIpc) is 3.71. The number of esters is 1. The van der Waals surface area contributed by atoms with Crippen molar-refractivity contribution in [3.8, 4) is 17.6 Å². The minimum absolute atomic E-state index is 0.0371. The molecule has 5 aromatic carbocycles. The number of nitrogens with zero attached hydrogens (tertiary/aromatic N) is 3. The van der Waals surface area contributed by atoms with Gasteiger partial charge in [-0.1, -0.05) is 115 Å². The second kappa shape index (κ2) is 16.8. The second-order valence-electron chi connectivity index (χ2n) is 15.2. The van der Waals surface area contributed by atoms with Gasteiger partial charge >= 0.3 is 12.1 Å². The molecule has 3 heterocycles. The molecule has 2 fully saturated rings. The van der Waals surface area contributed by atoms with Gasteiger partial charge < -0.3 is 25.1 Å². The molecule has 3 amide bonds. The lowest BCUT2D eigenvalue weighted by molar-refractivity contribution is -0.178. The molecule has 6 unspecified atom stereocenters. The Bertz CT molecular complexity index is 2450. The van der Waals surface area contributed by atoms with E-state index in [1.807, 2.05) is 103 Å². The van der Waals surface area contributed by atoms with Crippen LogP contribution in [0.25, 0.3) is 0 Å². The molecule has 8 rings (SSSR count). The summed E-state index contributed by atoms with van der Waals surface area (Å²) in [5.41, 5.74) is 8.40. The lowest BCUT2D eigenvalue weighted by Gasteiger charge is -2.46. The highest BCUT2D eigenvalue weighted by atomic mass is 16.6. The van der Waals surface area contributed by atoms with Crippen molar-refractivity contribution in [3.05, 3.63) is 167 Å². The lowest BCUT2D eigenvalue weighted by Crippen LogP contribution is -2.55. The number of fused-ring (bicyclic) bond motifs is 3. The van der Waals surface area contributed by atoms with E-state index in [-0.39, 0.29) is 30.2 Å². The summed E-state index contributed by atoms with van der Waals surface area (Å²) in [6, 6.07) is 36.7. The largest absolute Gasteiger partial charge is 0.508 e. The van der Waals surface area contributed by atoms with Gasteiger partial charge in [0.1, 0.15) is 29.9 Å². The smallest absolute Gasteiger partial charge is 0.421 e.